The molecule has 1 saturated heterocycles. The van der Waals surface area contributed by atoms with Crippen LogP contribution in [0, 0.1) is 17.8 Å². The van der Waals surface area contributed by atoms with Crippen LogP contribution in [0.5, 0.6) is 5.75 Å². The largest absolute Gasteiger partial charge is 0.487 e. The molecule has 1 aromatic heterocycles. The van der Waals surface area contributed by atoms with E-state index in [4.69, 9.17) is 4.74 Å². The molecule has 7 heteroatoms. The van der Waals surface area contributed by atoms with Crippen LogP contribution in [-0.4, -0.2) is 44.6 Å². The molecule has 2 amide bonds. The van der Waals surface area contributed by atoms with Gasteiger partial charge in [0.1, 0.15) is 18.1 Å². The number of benzene rings is 1. The summed E-state index contributed by atoms with van der Waals surface area (Å²) in [5, 5.41) is 11.9. The van der Waals surface area contributed by atoms with Gasteiger partial charge < -0.3 is 15.0 Å². The maximum Gasteiger partial charge on any atom is 0.317 e. The molecule has 4 aliphatic carbocycles. The third-order valence-corrected chi connectivity index (χ3v) is 7.62. The zero-order valence-corrected chi connectivity index (χ0v) is 17.2. The Hall–Kier alpha value is -2.57. The Morgan fingerprint density at radius 1 is 1.07 bits per heavy atom. The molecule has 30 heavy (non-hydrogen) atoms. The molecule has 0 unspecified atom stereocenters. The average Bonchev–Trinajstić information content (AvgIpc) is 3.13. The van der Waals surface area contributed by atoms with Crippen LogP contribution in [0.2, 0.25) is 0 Å². The molecule has 1 aromatic carbocycles. The van der Waals surface area contributed by atoms with E-state index in [2.05, 4.69) is 15.6 Å². The number of nitrogens with one attached hydrogen (secondary N) is 1. The molecule has 5 aliphatic rings. The quantitative estimate of drug-likeness (QED) is 0.825. The third kappa shape index (κ3) is 3.34. The van der Waals surface area contributed by atoms with Crippen LogP contribution in [0.1, 0.15) is 50.3 Å². The second-order valence-corrected chi connectivity index (χ2v) is 9.98. The molecule has 158 valence electrons. The summed E-state index contributed by atoms with van der Waals surface area (Å²) in [6, 6.07) is 10.0. The molecule has 7 rings (SSSR count). The SMILES string of the molecule is O=C(NC12CC3CC(CC(C3)C1)C2)N1CC(n2cc(COc3ccccc3)nn2)C1. The first-order valence-corrected chi connectivity index (χ1v) is 11.3. The Morgan fingerprint density at radius 2 is 1.73 bits per heavy atom. The van der Waals surface area contributed by atoms with Gasteiger partial charge in [-0.15, -0.1) is 5.10 Å². The van der Waals surface area contributed by atoms with Crippen molar-refractivity contribution in [3.63, 3.8) is 0 Å². The molecule has 2 aromatic rings. The van der Waals surface area contributed by atoms with Crippen LogP contribution in [0.4, 0.5) is 4.79 Å². The second-order valence-electron chi connectivity index (χ2n) is 9.98. The number of hydrogen-bond donors (Lipinski definition) is 1. The highest BCUT2D eigenvalue weighted by Gasteiger charge is 2.52. The zero-order valence-electron chi connectivity index (χ0n) is 17.2. The van der Waals surface area contributed by atoms with Gasteiger partial charge in [-0.2, -0.15) is 0 Å². The van der Waals surface area contributed by atoms with E-state index in [1.54, 1.807) is 0 Å². The summed E-state index contributed by atoms with van der Waals surface area (Å²) in [6.07, 6.45) is 9.68. The summed E-state index contributed by atoms with van der Waals surface area (Å²) in [6.45, 7) is 1.79. The van der Waals surface area contributed by atoms with Crippen molar-refractivity contribution in [2.75, 3.05) is 13.1 Å². The number of ether oxygens (including phenoxy) is 1. The molecule has 4 bridgehead atoms. The molecule has 1 aliphatic heterocycles. The highest BCUT2D eigenvalue weighted by Crippen LogP contribution is 2.55. The lowest BCUT2D eigenvalue weighted by Crippen LogP contribution is -2.64. The number of amides is 2. The number of carbonyl (C=O) groups excluding carboxylic acids is 1. The second kappa shape index (κ2) is 7.00. The lowest BCUT2D eigenvalue weighted by atomic mass is 9.53. The Labute approximate surface area is 176 Å². The van der Waals surface area contributed by atoms with Crippen molar-refractivity contribution in [2.24, 2.45) is 17.8 Å². The summed E-state index contributed by atoms with van der Waals surface area (Å²) in [4.78, 5) is 14.8. The predicted molar refractivity (Wildman–Crippen MR) is 111 cm³/mol. The van der Waals surface area contributed by atoms with Gasteiger partial charge in [-0.1, -0.05) is 23.4 Å². The van der Waals surface area contributed by atoms with E-state index in [1.165, 1.54) is 38.5 Å². The van der Waals surface area contributed by atoms with Gasteiger partial charge in [-0.25, -0.2) is 9.48 Å². The van der Waals surface area contributed by atoms with Crippen LogP contribution >= 0.6 is 0 Å². The fraction of sp³-hybridized carbons (Fsp3) is 0.609. The van der Waals surface area contributed by atoms with Crippen molar-refractivity contribution >= 4 is 6.03 Å². The molecular formula is C23H29N5O2. The van der Waals surface area contributed by atoms with E-state index in [0.29, 0.717) is 19.7 Å². The van der Waals surface area contributed by atoms with Crippen molar-refractivity contribution in [3.05, 3.63) is 42.2 Å². The number of nitrogens with zero attached hydrogens (tertiary/aromatic N) is 4. The molecule has 1 N–H and O–H groups in total. The summed E-state index contributed by atoms with van der Waals surface area (Å²) in [7, 11) is 0. The predicted octanol–water partition coefficient (Wildman–Crippen LogP) is 3.39. The number of likely N-dealkylation sites (tertiary alicyclic amines) is 1. The molecule has 7 nitrogen and oxygen atoms in total. The lowest BCUT2D eigenvalue weighted by Gasteiger charge is -2.57. The van der Waals surface area contributed by atoms with Crippen LogP contribution in [0.25, 0.3) is 0 Å². The van der Waals surface area contributed by atoms with Crippen LogP contribution in [0.15, 0.2) is 36.5 Å². The van der Waals surface area contributed by atoms with E-state index < -0.39 is 0 Å². The third-order valence-electron chi connectivity index (χ3n) is 7.62. The van der Waals surface area contributed by atoms with E-state index in [9.17, 15) is 4.79 Å². The number of urea groups is 1. The smallest absolute Gasteiger partial charge is 0.317 e. The highest BCUT2D eigenvalue weighted by atomic mass is 16.5. The summed E-state index contributed by atoms with van der Waals surface area (Å²) < 4.78 is 7.61. The Kier molecular flexibility index (Phi) is 4.25. The van der Waals surface area contributed by atoms with Gasteiger partial charge in [0, 0.05) is 18.6 Å². The standard InChI is InChI=1S/C23H29N5O2/c29-22(24-23-9-16-6-17(10-23)8-18(7-16)11-23)27-13-20(14-27)28-12-19(25-26-28)15-30-21-4-2-1-3-5-21/h1-5,12,16-18,20H,6-11,13-15H2,(H,24,29). The fourth-order valence-corrected chi connectivity index (χ4v) is 6.59. The van der Waals surface area contributed by atoms with Crippen LogP contribution < -0.4 is 10.1 Å². The number of para-hydroxylation sites is 1. The minimum atomic E-state index is 0.0755. The minimum absolute atomic E-state index is 0.0755. The summed E-state index contributed by atoms with van der Waals surface area (Å²) in [5.74, 6) is 3.34. The normalized spacial score (nSPS) is 32.1. The summed E-state index contributed by atoms with van der Waals surface area (Å²) in [5.41, 5.74) is 0.877. The van der Waals surface area contributed by atoms with E-state index in [-0.39, 0.29) is 17.6 Å². The van der Waals surface area contributed by atoms with E-state index >= 15 is 0 Å². The topological polar surface area (TPSA) is 72.3 Å². The molecule has 0 spiro atoms. The highest BCUT2D eigenvalue weighted by molar-refractivity contribution is 5.76. The average molecular weight is 408 g/mol. The van der Waals surface area contributed by atoms with Crippen molar-refractivity contribution in [2.45, 2.75) is 56.7 Å². The van der Waals surface area contributed by atoms with Gasteiger partial charge >= 0.3 is 6.03 Å². The van der Waals surface area contributed by atoms with Crippen molar-refractivity contribution in [3.8, 4) is 5.75 Å². The number of rotatable bonds is 5. The summed E-state index contributed by atoms with van der Waals surface area (Å²) >= 11 is 0. The van der Waals surface area contributed by atoms with Gasteiger partial charge in [0.05, 0.1) is 12.2 Å². The Morgan fingerprint density at radius 3 is 2.40 bits per heavy atom. The molecule has 5 fully saturated rings. The lowest BCUT2D eigenvalue weighted by molar-refractivity contribution is -0.0180. The maximum absolute atomic E-state index is 12.9. The molecular weight excluding hydrogens is 378 g/mol. The van der Waals surface area contributed by atoms with E-state index in [1.807, 2.05) is 46.1 Å². The van der Waals surface area contributed by atoms with E-state index in [0.717, 1.165) is 29.2 Å². The number of carbonyl (C=O) groups is 1. The first kappa shape index (κ1) is 18.2. The maximum atomic E-state index is 12.9. The zero-order chi connectivity index (χ0) is 20.1. The molecule has 4 saturated carbocycles. The fourth-order valence-electron chi connectivity index (χ4n) is 6.59. The van der Waals surface area contributed by atoms with Crippen molar-refractivity contribution in [1.82, 2.24) is 25.2 Å². The Balaban J connectivity index is 1.01. The minimum Gasteiger partial charge on any atom is -0.487 e. The number of aromatic nitrogens is 3. The van der Waals surface area contributed by atoms with Gasteiger partial charge in [-0.3, -0.25) is 0 Å². The first-order chi connectivity index (χ1) is 14.6. The van der Waals surface area contributed by atoms with Crippen LogP contribution in [0.3, 0.4) is 0 Å². The number of hydrogen-bond acceptors (Lipinski definition) is 4. The van der Waals surface area contributed by atoms with Crippen molar-refractivity contribution in [1.29, 1.82) is 0 Å². The Bertz CT molecular complexity index is 885. The first-order valence-electron chi connectivity index (χ1n) is 11.3. The molecule has 0 atom stereocenters. The van der Waals surface area contributed by atoms with Gasteiger partial charge in [0.15, 0.2) is 0 Å². The van der Waals surface area contributed by atoms with Crippen molar-refractivity contribution < 1.29 is 9.53 Å². The van der Waals surface area contributed by atoms with Gasteiger partial charge in [0.25, 0.3) is 0 Å². The van der Waals surface area contributed by atoms with Crippen LogP contribution in [-0.2, 0) is 6.61 Å². The van der Waals surface area contributed by atoms with Gasteiger partial charge in [-0.05, 0) is 68.4 Å². The molecule has 2 heterocycles. The van der Waals surface area contributed by atoms with Gasteiger partial charge in [0.2, 0.25) is 0 Å². The monoisotopic (exact) mass is 407 g/mol. The molecule has 0 radical (unpaired) electrons.